The van der Waals surface area contributed by atoms with Gasteiger partial charge in [-0.2, -0.15) is 0 Å². The predicted molar refractivity (Wildman–Crippen MR) is 99.2 cm³/mol. The van der Waals surface area contributed by atoms with Gasteiger partial charge < -0.3 is 4.74 Å². The van der Waals surface area contributed by atoms with Crippen LogP contribution in [-0.2, 0) is 5.41 Å². The lowest BCUT2D eigenvalue weighted by atomic mass is 9.85. The summed E-state index contributed by atoms with van der Waals surface area (Å²) in [6.07, 6.45) is 7.32. The SMILES string of the molecule is Cc1ccc(OCC[C@@H]2C/C2=C\CCCBr)c(C(C)(C)C)c1. The maximum Gasteiger partial charge on any atom is 0.123 e. The number of ether oxygens (including phenoxy) is 1. The molecule has 0 spiro atoms. The molecule has 0 aliphatic heterocycles. The molecule has 1 aromatic carbocycles. The average Bonchev–Trinajstić information content (AvgIpc) is 3.18. The predicted octanol–water partition coefficient (Wildman–Crippen LogP) is 6.18. The largest absolute Gasteiger partial charge is 0.493 e. The minimum atomic E-state index is 0.127. The number of aryl methyl sites for hydroxylation is 1. The Morgan fingerprint density at radius 3 is 2.77 bits per heavy atom. The van der Waals surface area contributed by atoms with E-state index in [0.717, 1.165) is 30.0 Å². The third kappa shape index (κ3) is 5.15. The maximum absolute atomic E-state index is 6.11. The highest BCUT2D eigenvalue weighted by atomic mass is 79.9. The Balaban J connectivity index is 1.85. The van der Waals surface area contributed by atoms with Crippen molar-refractivity contribution in [1.29, 1.82) is 0 Å². The van der Waals surface area contributed by atoms with Crippen molar-refractivity contribution in [3.8, 4) is 5.75 Å². The molecule has 0 unspecified atom stereocenters. The van der Waals surface area contributed by atoms with Crippen LogP contribution in [0, 0.1) is 12.8 Å². The van der Waals surface area contributed by atoms with Gasteiger partial charge in [0.1, 0.15) is 5.75 Å². The molecule has 2 heteroatoms. The second-order valence-corrected chi connectivity index (χ2v) is 8.19. The molecule has 1 aromatic rings. The Morgan fingerprint density at radius 1 is 1.32 bits per heavy atom. The van der Waals surface area contributed by atoms with Crippen LogP contribution < -0.4 is 4.74 Å². The Kier molecular flexibility index (Phi) is 6.14. The van der Waals surface area contributed by atoms with Crippen LogP contribution in [0.1, 0.15) is 57.6 Å². The molecule has 22 heavy (non-hydrogen) atoms. The molecular weight excluding hydrogens is 336 g/mol. The van der Waals surface area contributed by atoms with Crippen molar-refractivity contribution in [2.24, 2.45) is 5.92 Å². The molecule has 0 N–H and O–H groups in total. The fraction of sp³-hybridized carbons (Fsp3) is 0.600. The molecule has 2 rings (SSSR count). The monoisotopic (exact) mass is 364 g/mol. The third-order valence-electron chi connectivity index (χ3n) is 4.26. The lowest BCUT2D eigenvalue weighted by Gasteiger charge is -2.23. The van der Waals surface area contributed by atoms with Gasteiger partial charge in [0, 0.05) is 5.33 Å². The highest BCUT2D eigenvalue weighted by Gasteiger charge is 2.28. The molecule has 0 aromatic heterocycles. The van der Waals surface area contributed by atoms with E-state index in [0.29, 0.717) is 0 Å². The van der Waals surface area contributed by atoms with Crippen molar-refractivity contribution in [3.05, 3.63) is 41.0 Å². The fourth-order valence-electron chi connectivity index (χ4n) is 2.79. The summed E-state index contributed by atoms with van der Waals surface area (Å²) in [7, 11) is 0. The quantitative estimate of drug-likeness (QED) is 0.318. The molecule has 1 aliphatic rings. The van der Waals surface area contributed by atoms with Crippen LogP contribution in [0.25, 0.3) is 0 Å². The topological polar surface area (TPSA) is 9.23 Å². The van der Waals surface area contributed by atoms with Crippen LogP contribution in [0.15, 0.2) is 29.8 Å². The first-order valence-electron chi connectivity index (χ1n) is 8.40. The van der Waals surface area contributed by atoms with Crippen molar-refractivity contribution in [2.45, 2.75) is 58.8 Å². The number of unbranched alkanes of at least 4 members (excludes halogenated alkanes) is 1. The van der Waals surface area contributed by atoms with E-state index < -0.39 is 0 Å². The second-order valence-electron chi connectivity index (χ2n) is 7.40. The molecule has 1 fully saturated rings. The van der Waals surface area contributed by atoms with Crippen molar-refractivity contribution in [2.75, 3.05) is 11.9 Å². The van der Waals surface area contributed by atoms with E-state index in [-0.39, 0.29) is 5.41 Å². The standard InChI is InChI=1S/C20H29BrO/c1-15-8-9-19(18(13-15)20(2,3)4)22-12-10-17-14-16(17)7-5-6-11-21/h7-9,13,17H,5-6,10-12,14H2,1-4H3/b16-7+/t17-/m1/s1. The minimum absolute atomic E-state index is 0.127. The highest BCUT2D eigenvalue weighted by molar-refractivity contribution is 9.09. The normalized spacial score (nSPS) is 19.5. The van der Waals surface area contributed by atoms with Crippen LogP contribution in [0.5, 0.6) is 5.75 Å². The molecule has 1 atom stereocenters. The highest BCUT2D eigenvalue weighted by Crippen LogP contribution is 2.41. The summed E-state index contributed by atoms with van der Waals surface area (Å²) < 4.78 is 6.11. The molecule has 0 bridgehead atoms. The second kappa shape index (κ2) is 7.68. The Bertz CT molecular complexity index is 525. The van der Waals surface area contributed by atoms with Crippen LogP contribution in [-0.4, -0.2) is 11.9 Å². The molecule has 0 saturated heterocycles. The summed E-state index contributed by atoms with van der Waals surface area (Å²) >= 11 is 3.48. The summed E-state index contributed by atoms with van der Waals surface area (Å²) in [6.45, 7) is 9.72. The van der Waals surface area contributed by atoms with Gasteiger partial charge >= 0.3 is 0 Å². The first-order chi connectivity index (χ1) is 10.4. The zero-order valence-electron chi connectivity index (χ0n) is 14.4. The number of allylic oxidation sites excluding steroid dienone is 2. The van der Waals surface area contributed by atoms with Gasteiger partial charge in [-0.1, -0.05) is 66.0 Å². The molecule has 1 saturated carbocycles. The van der Waals surface area contributed by atoms with Gasteiger partial charge in [0.2, 0.25) is 0 Å². The Hall–Kier alpha value is -0.760. The van der Waals surface area contributed by atoms with E-state index in [1.807, 2.05) is 0 Å². The average molecular weight is 365 g/mol. The summed E-state index contributed by atoms with van der Waals surface area (Å²) in [5.74, 6) is 1.84. The molecule has 1 nitrogen and oxygen atoms in total. The van der Waals surface area contributed by atoms with Crippen molar-refractivity contribution < 1.29 is 4.74 Å². The molecule has 0 amide bonds. The van der Waals surface area contributed by atoms with E-state index in [9.17, 15) is 0 Å². The minimum Gasteiger partial charge on any atom is -0.493 e. The summed E-state index contributed by atoms with van der Waals surface area (Å²) in [5, 5.41) is 1.10. The van der Waals surface area contributed by atoms with Crippen LogP contribution in [0.2, 0.25) is 0 Å². The maximum atomic E-state index is 6.11. The van der Waals surface area contributed by atoms with Gasteiger partial charge in [-0.15, -0.1) is 0 Å². The fourth-order valence-corrected chi connectivity index (χ4v) is 3.12. The van der Waals surface area contributed by atoms with Crippen molar-refractivity contribution >= 4 is 15.9 Å². The zero-order valence-corrected chi connectivity index (χ0v) is 16.0. The third-order valence-corrected chi connectivity index (χ3v) is 4.82. The summed E-state index contributed by atoms with van der Waals surface area (Å²) in [4.78, 5) is 0. The van der Waals surface area contributed by atoms with Crippen LogP contribution in [0.3, 0.4) is 0 Å². The lowest BCUT2D eigenvalue weighted by molar-refractivity contribution is 0.296. The van der Waals surface area contributed by atoms with Gasteiger partial charge in [0.05, 0.1) is 6.61 Å². The molecular formula is C20H29BrO. The number of alkyl halides is 1. The van der Waals surface area contributed by atoms with Gasteiger partial charge in [-0.25, -0.2) is 0 Å². The molecule has 1 aliphatic carbocycles. The molecule has 0 heterocycles. The number of rotatable bonds is 7. The molecule has 122 valence electrons. The van der Waals surface area contributed by atoms with Crippen molar-refractivity contribution in [1.82, 2.24) is 0 Å². The Labute approximate surface area is 144 Å². The van der Waals surface area contributed by atoms with E-state index >= 15 is 0 Å². The van der Waals surface area contributed by atoms with E-state index in [2.05, 4.69) is 67.9 Å². The first-order valence-corrected chi connectivity index (χ1v) is 9.53. The van der Waals surface area contributed by atoms with Gasteiger partial charge in [-0.05, 0) is 55.6 Å². The summed E-state index contributed by atoms with van der Waals surface area (Å²) in [6, 6.07) is 6.54. The van der Waals surface area contributed by atoms with Crippen molar-refractivity contribution in [3.63, 3.8) is 0 Å². The van der Waals surface area contributed by atoms with Gasteiger partial charge in [0.25, 0.3) is 0 Å². The summed E-state index contributed by atoms with van der Waals surface area (Å²) in [5.41, 5.74) is 4.39. The number of hydrogen-bond acceptors (Lipinski definition) is 1. The lowest BCUT2D eigenvalue weighted by Crippen LogP contribution is -2.14. The zero-order chi connectivity index (χ0) is 16.2. The van der Waals surface area contributed by atoms with Crippen LogP contribution in [0.4, 0.5) is 0 Å². The Morgan fingerprint density at radius 2 is 2.09 bits per heavy atom. The molecule has 0 radical (unpaired) electrons. The smallest absolute Gasteiger partial charge is 0.123 e. The van der Waals surface area contributed by atoms with Gasteiger partial charge in [-0.3, -0.25) is 0 Å². The van der Waals surface area contributed by atoms with E-state index in [1.165, 1.54) is 30.4 Å². The van der Waals surface area contributed by atoms with E-state index in [4.69, 9.17) is 4.74 Å². The van der Waals surface area contributed by atoms with Crippen LogP contribution >= 0.6 is 15.9 Å². The van der Waals surface area contributed by atoms with E-state index in [1.54, 1.807) is 5.57 Å². The number of hydrogen-bond donors (Lipinski definition) is 0. The number of benzene rings is 1. The van der Waals surface area contributed by atoms with Gasteiger partial charge in [0.15, 0.2) is 0 Å². The number of halogens is 1. The first kappa shape index (κ1) is 17.6.